The third kappa shape index (κ3) is 16.9. The minimum absolute atomic E-state index is 0.0505. The summed E-state index contributed by atoms with van der Waals surface area (Å²) in [5.74, 6) is -1.04. The zero-order chi connectivity index (χ0) is 52.6. The largest absolute Gasteiger partial charge is 0.466 e. The minimum Gasteiger partial charge on any atom is -0.466 e. The van der Waals surface area contributed by atoms with Crippen LogP contribution in [0.5, 0.6) is 0 Å². The fourth-order valence-corrected chi connectivity index (χ4v) is 8.74. The number of aliphatic hydroxyl groups excluding tert-OH is 3. The van der Waals surface area contributed by atoms with Gasteiger partial charge >= 0.3 is 18.3 Å². The second kappa shape index (κ2) is 23.5. The van der Waals surface area contributed by atoms with Crippen LogP contribution in [0.3, 0.4) is 0 Å². The fraction of sp³-hybridized carbons (Fsp3) is 0.727. The molecule has 1 aromatic carbocycles. The molecule has 2 fully saturated rings. The second-order valence-electron chi connectivity index (χ2n) is 20.2. The Labute approximate surface area is 406 Å². The maximum absolute atomic E-state index is 14.0. The molecule has 0 unspecified atom stereocenters. The second-order valence-corrected chi connectivity index (χ2v) is 21.9. The van der Waals surface area contributed by atoms with Crippen LogP contribution in [0.2, 0.25) is 0 Å². The molecule has 25 nitrogen and oxygen atoms in total. The van der Waals surface area contributed by atoms with Gasteiger partial charge in [-0.15, -0.1) is 0 Å². The van der Waals surface area contributed by atoms with Crippen LogP contribution < -0.4 is 26.0 Å². The number of para-hydroxylation sites is 1. The van der Waals surface area contributed by atoms with E-state index < -0.39 is 146 Å². The average molecular weight is 1020 g/mol. The van der Waals surface area contributed by atoms with Crippen LogP contribution in [0.15, 0.2) is 41.0 Å². The smallest absolute Gasteiger partial charge is 0.408 e. The first-order valence-corrected chi connectivity index (χ1v) is 24.3. The van der Waals surface area contributed by atoms with Gasteiger partial charge in [0.25, 0.3) is 11.6 Å². The van der Waals surface area contributed by atoms with Crippen LogP contribution in [-0.2, 0) is 48.0 Å². The maximum Gasteiger partial charge on any atom is 0.408 e. The lowest BCUT2D eigenvalue weighted by atomic mass is 9.74. The molecule has 26 heteroatoms. The topological polar surface area (TPSA) is 351 Å². The number of benzene rings is 1. The van der Waals surface area contributed by atoms with Gasteiger partial charge in [-0.2, -0.15) is 0 Å². The molecule has 0 bridgehead atoms. The number of nitrogens with one attached hydrogen (secondary N) is 5. The number of carbonyl (C=O) groups excluding carboxylic acids is 4. The van der Waals surface area contributed by atoms with Crippen molar-refractivity contribution in [3.63, 3.8) is 0 Å². The van der Waals surface area contributed by atoms with Crippen molar-refractivity contribution < 1.29 is 86.1 Å². The van der Waals surface area contributed by atoms with Gasteiger partial charge < -0.3 is 74.9 Å². The number of sulfonamides is 1. The van der Waals surface area contributed by atoms with Crippen molar-refractivity contribution in [3.05, 3.63) is 46.2 Å². The Balaban J connectivity index is 1.73. The van der Waals surface area contributed by atoms with Crippen molar-refractivity contribution in [1.29, 1.82) is 0 Å². The highest BCUT2D eigenvalue weighted by Gasteiger charge is 2.54. The summed E-state index contributed by atoms with van der Waals surface area (Å²) in [6, 6.07) is 0.206. The Morgan fingerprint density at radius 2 is 1.41 bits per heavy atom. The van der Waals surface area contributed by atoms with E-state index in [1.54, 1.807) is 69.2 Å². The first kappa shape index (κ1) is 57.6. The van der Waals surface area contributed by atoms with Gasteiger partial charge in [0, 0.05) is 24.9 Å². The normalized spacial score (nSPS) is 27.0. The van der Waals surface area contributed by atoms with Crippen LogP contribution in [-0.4, -0.2) is 161 Å². The monoisotopic (exact) mass is 1020 g/mol. The van der Waals surface area contributed by atoms with Gasteiger partial charge in [0.2, 0.25) is 16.3 Å². The van der Waals surface area contributed by atoms with E-state index in [1.165, 1.54) is 18.2 Å². The summed E-state index contributed by atoms with van der Waals surface area (Å²) in [5.41, 5.74) is -5.56. The summed E-state index contributed by atoms with van der Waals surface area (Å²) in [5, 5.41) is 66.8. The van der Waals surface area contributed by atoms with Gasteiger partial charge in [-0.1, -0.05) is 19.1 Å². The molecule has 0 spiro atoms. The fourth-order valence-electron chi connectivity index (χ4n) is 7.58. The van der Waals surface area contributed by atoms with Crippen molar-refractivity contribution in [3.8, 4) is 0 Å². The highest BCUT2D eigenvalue weighted by Crippen LogP contribution is 2.36. The number of nitrogens with zero attached hydrogens (tertiary/aromatic N) is 1. The molecule has 4 rings (SSSR count). The van der Waals surface area contributed by atoms with E-state index in [0.29, 0.717) is 0 Å². The maximum atomic E-state index is 14.0. The zero-order valence-electron chi connectivity index (χ0n) is 41.1. The predicted molar refractivity (Wildman–Crippen MR) is 245 cm³/mol. The van der Waals surface area contributed by atoms with Crippen molar-refractivity contribution in [2.75, 3.05) is 19.8 Å². The molecule has 2 aliphatic carbocycles. The number of alkyl carbamates (subject to hydrolysis) is 3. The van der Waals surface area contributed by atoms with Gasteiger partial charge in [-0.25, -0.2) is 27.5 Å². The molecular formula is C44H70N6O19S. The third-order valence-electron chi connectivity index (χ3n) is 10.7. The Morgan fingerprint density at radius 1 is 0.871 bits per heavy atom. The minimum atomic E-state index is -4.54. The number of ether oxygens (including phenoxy) is 7. The lowest BCUT2D eigenvalue weighted by Crippen LogP contribution is -2.70. The van der Waals surface area contributed by atoms with Crippen molar-refractivity contribution >= 4 is 39.9 Å². The summed E-state index contributed by atoms with van der Waals surface area (Å²) in [4.78, 5) is 63.3. The summed E-state index contributed by atoms with van der Waals surface area (Å²) < 4.78 is 69.8. The Morgan fingerprint density at radius 3 is 1.96 bits per heavy atom. The third-order valence-corrected chi connectivity index (χ3v) is 12.1. The molecule has 3 aliphatic rings. The number of nitro benzene ring substituents is 1. The quantitative estimate of drug-likeness (QED) is 0.0413. The van der Waals surface area contributed by atoms with Crippen molar-refractivity contribution in [2.45, 2.75) is 190 Å². The lowest BCUT2D eigenvalue weighted by Gasteiger charge is -2.48. The Bertz CT molecular complexity index is 2130. The van der Waals surface area contributed by atoms with Crippen LogP contribution in [0.25, 0.3) is 0 Å². The summed E-state index contributed by atoms with van der Waals surface area (Å²) in [6.07, 6.45) is -11.9. The van der Waals surface area contributed by atoms with E-state index >= 15 is 0 Å². The summed E-state index contributed by atoms with van der Waals surface area (Å²) in [6.45, 7) is 14.8. The predicted octanol–water partition coefficient (Wildman–Crippen LogP) is 1.83. The van der Waals surface area contributed by atoms with Gasteiger partial charge in [-0.3, -0.25) is 14.9 Å². The number of nitro groups is 1. The summed E-state index contributed by atoms with van der Waals surface area (Å²) >= 11 is 0. The van der Waals surface area contributed by atoms with Crippen molar-refractivity contribution in [2.24, 2.45) is 0 Å². The molecule has 4 amide bonds. The zero-order valence-corrected chi connectivity index (χ0v) is 41.9. The van der Waals surface area contributed by atoms with Gasteiger partial charge in [0.05, 0.1) is 42.8 Å². The molecule has 0 aromatic heterocycles. The van der Waals surface area contributed by atoms with E-state index in [-0.39, 0.29) is 44.5 Å². The Hall–Kier alpha value is -4.93. The number of aliphatic hydroxyl groups is 4. The van der Waals surface area contributed by atoms with Gasteiger partial charge in [0.15, 0.2) is 11.2 Å². The van der Waals surface area contributed by atoms with E-state index in [2.05, 4.69) is 26.0 Å². The number of carbonyl (C=O) groups is 4. The Kier molecular flexibility index (Phi) is 19.4. The molecule has 1 aromatic rings. The van der Waals surface area contributed by atoms with Crippen LogP contribution in [0, 0.1) is 10.1 Å². The first-order valence-electron chi connectivity index (χ1n) is 22.8. The number of hydrogen-bond donors (Lipinski definition) is 9. The standard InChI is InChI=1S/C44H70N6O19S/c1-11-30(52)36(63-19-18-51)66-33-27(47-37(54)44(58)21-24(22-44)46-38(55)67-41(2,3)4)20-28(49-40(57)69-43(8,9)10)34(32(33)53)65-35-26(48-39(56)68-42(5,6)7)17-16-25(64-35)23-45-70(61,62)31-15-13-12-14-29(31)50(59)60/h12-16,24,26-28,30,32-36,45,51-53,58H,11,17-23H2,1-10H3,(H,46,55)(H,47,54)(H,48,56)(H,49,57)/t24?,26-,27-,28+,30-,32-,33+,34-,35-,36-,44?/m1/s1. The molecule has 1 heterocycles. The molecule has 2 saturated carbocycles. The van der Waals surface area contributed by atoms with Crippen LogP contribution in [0.1, 0.15) is 101 Å². The molecular weight excluding hydrogens is 949 g/mol. The van der Waals surface area contributed by atoms with E-state index in [9.17, 15) is 58.1 Å². The molecule has 396 valence electrons. The average Bonchev–Trinajstić information content (AvgIpc) is 3.21. The van der Waals surface area contributed by atoms with E-state index in [1.807, 2.05) is 0 Å². The first-order chi connectivity index (χ1) is 32.3. The van der Waals surface area contributed by atoms with Crippen molar-refractivity contribution in [1.82, 2.24) is 26.0 Å². The highest BCUT2D eigenvalue weighted by atomic mass is 32.2. The molecule has 0 radical (unpaired) electrons. The molecule has 9 N–H and O–H groups in total. The number of rotatable bonds is 19. The molecule has 9 atom stereocenters. The van der Waals surface area contributed by atoms with Gasteiger partial charge in [0.1, 0.15) is 52.6 Å². The van der Waals surface area contributed by atoms with Crippen LogP contribution in [0.4, 0.5) is 20.1 Å². The lowest BCUT2D eigenvalue weighted by molar-refractivity contribution is -0.387. The van der Waals surface area contributed by atoms with Crippen LogP contribution >= 0.6 is 0 Å². The highest BCUT2D eigenvalue weighted by molar-refractivity contribution is 7.89. The molecule has 70 heavy (non-hydrogen) atoms. The molecule has 0 saturated heterocycles. The van der Waals surface area contributed by atoms with E-state index in [4.69, 9.17) is 33.2 Å². The summed E-state index contributed by atoms with van der Waals surface area (Å²) in [7, 11) is -4.54. The van der Waals surface area contributed by atoms with E-state index in [0.717, 1.165) is 12.1 Å². The molecule has 1 aliphatic heterocycles. The van der Waals surface area contributed by atoms with Gasteiger partial charge in [-0.05, 0) is 93.7 Å². The number of amides is 4. The number of hydrogen-bond acceptors (Lipinski definition) is 19. The SMILES string of the molecule is CC[C@@H](O)[C@H](OCCO)O[C@@H]1[C@@H](O)[C@H](O[C@H]2OC(CNS(=O)(=O)c3ccccc3[N+](=O)[O-])=CC[C@H]2NC(=O)OC(C)(C)C)[C@@H](NC(=O)OC(C)(C)C)C[C@H]1NC(=O)C1(O)CC(NC(=O)OC(C)(C)C)C1.